The van der Waals surface area contributed by atoms with E-state index in [4.69, 9.17) is 5.73 Å². The number of esters is 1. The number of rotatable bonds is 3. The van der Waals surface area contributed by atoms with Gasteiger partial charge in [-0.15, -0.1) is 0 Å². The molecule has 7 nitrogen and oxygen atoms in total. The maximum absolute atomic E-state index is 11.4. The molecule has 1 aromatic rings. The molecule has 1 rings (SSSR count). The van der Waals surface area contributed by atoms with E-state index in [1.54, 1.807) is 0 Å². The van der Waals surface area contributed by atoms with Crippen LogP contribution in [0.2, 0.25) is 0 Å². The van der Waals surface area contributed by atoms with Crippen LogP contribution in [0.4, 0.5) is 5.69 Å². The molecule has 0 saturated heterocycles. The van der Waals surface area contributed by atoms with Crippen LogP contribution in [-0.2, 0) is 14.8 Å². The van der Waals surface area contributed by atoms with E-state index < -0.39 is 16.0 Å². The zero-order valence-electron chi connectivity index (χ0n) is 8.72. The van der Waals surface area contributed by atoms with Crippen molar-refractivity contribution in [1.29, 1.82) is 0 Å². The number of nitrogens with one attached hydrogen (secondary N) is 1. The zero-order valence-corrected chi connectivity index (χ0v) is 9.54. The SMILES string of the molecule is CNS(=O)(=O)c1ccc(N)c(C(=O)OC)n1. The monoisotopic (exact) mass is 245 g/mol. The molecule has 0 aliphatic rings. The molecule has 0 atom stereocenters. The molecule has 0 amide bonds. The van der Waals surface area contributed by atoms with E-state index in [-0.39, 0.29) is 16.4 Å². The highest BCUT2D eigenvalue weighted by molar-refractivity contribution is 7.89. The van der Waals surface area contributed by atoms with E-state index >= 15 is 0 Å². The first-order valence-electron chi connectivity index (χ1n) is 4.20. The van der Waals surface area contributed by atoms with E-state index in [1.165, 1.54) is 19.2 Å². The Balaban J connectivity index is 3.34. The normalized spacial score (nSPS) is 11.1. The predicted octanol–water partition coefficient (Wildman–Crippen LogP) is -0.642. The molecule has 8 heteroatoms. The highest BCUT2D eigenvalue weighted by Gasteiger charge is 2.18. The molecular formula is C8H11N3O4S. The van der Waals surface area contributed by atoms with Crippen LogP contribution in [0.25, 0.3) is 0 Å². The van der Waals surface area contributed by atoms with Crippen LogP contribution in [0, 0.1) is 0 Å². The molecular weight excluding hydrogens is 234 g/mol. The largest absolute Gasteiger partial charge is 0.464 e. The summed E-state index contributed by atoms with van der Waals surface area (Å²) < 4.78 is 29.3. The van der Waals surface area contributed by atoms with Crippen molar-refractivity contribution in [3.05, 3.63) is 17.8 Å². The molecule has 3 N–H and O–H groups in total. The summed E-state index contributed by atoms with van der Waals surface area (Å²) in [5.41, 5.74) is 5.31. The van der Waals surface area contributed by atoms with Gasteiger partial charge in [0, 0.05) is 0 Å². The van der Waals surface area contributed by atoms with Gasteiger partial charge in [-0.05, 0) is 19.2 Å². The van der Waals surface area contributed by atoms with E-state index in [1.807, 2.05) is 0 Å². The van der Waals surface area contributed by atoms with Gasteiger partial charge in [-0.1, -0.05) is 0 Å². The highest BCUT2D eigenvalue weighted by atomic mass is 32.2. The number of nitrogen functional groups attached to an aromatic ring is 1. The minimum Gasteiger partial charge on any atom is -0.464 e. The lowest BCUT2D eigenvalue weighted by Crippen LogP contribution is -2.21. The standard InChI is InChI=1S/C8H11N3O4S/c1-10-16(13,14)6-4-3-5(9)7(11-6)8(12)15-2/h3-4,10H,9H2,1-2H3. The fourth-order valence-electron chi connectivity index (χ4n) is 0.966. The third-order valence-electron chi connectivity index (χ3n) is 1.82. The Morgan fingerprint density at radius 1 is 1.50 bits per heavy atom. The number of carbonyl (C=O) groups excluding carboxylic acids is 1. The molecule has 0 spiro atoms. The molecule has 0 saturated carbocycles. The minimum absolute atomic E-state index is 0.0573. The van der Waals surface area contributed by atoms with Crippen LogP contribution < -0.4 is 10.5 Å². The van der Waals surface area contributed by atoms with E-state index in [0.717, 1.165) is 7.11 Å². The van der Waals surface area contributed by atoms with Gasteiger partial charge in [0.25, 0.3) is 10.0 Å². The van der Waals surface area contributed by atoms with Gasteiger partial charge in [-0.25, -0.2) is 22.9 Å². The lowest BCUT2D eigenvalue weighted by molar-refractivity contribution is 0.0594. The van der Waals surface area contributed by atoms with Crippen LogP contribution in [0.5, 0.6) is 0 Å². The Labute approximate surface area is 92.7 Å². The Bertz CT molecular complexity index is 512. The number of aromatic nitrogens is 1. The molecule has 1 aromatic heterocycles. The Hall–Kier alpha value is -1.67. The third-order valence-corrected chi connectivity index (χ3v) is 3.14. The Morgan fingerprint density at radius 2 is 2.12 bits per heavy atom. The van der Waals surface area contributed by atoms with Crippen molar-refractivity contribution < 1.29 is 17.9 Å². The first-order valence-corrected chi connectivity index (χ1v) is 5.69. The van der Waals surface area contributed by atoms with Crippen molar-refractivity contribution in [1.82, 2.24) is 9.71 Å². The number of pyridine rings is 1. The van der Waals surface area contributed by atoms with Crippen LogP contribution in [-0.4, -0.2) is 33.5 Å². The van der Waals surface area contributed by atoms with Gasteiger partial charge in [-0.2, -0.15) is 0 Å². The molecule has 1 heterocycles. The Kier molecular flexibility index (Phi) is 3.45. The predicted molar refractivity (Wildman–Crippen MR) is 56.2 cm³/mol. The number of sulfonamides is 1. The van der Waals surface area contributed by atoms with Gasteiger partial charge < -0.3 is 10.5 Å². The number of nitrogens with two attached hydrogens (primary N) is 1. The second kappa shape index (κ2) is 4.45. The van der Waals surface area contributed by atoms with E-state index in [0.29, 0.717) is 0 Å². The smallest absolute Gasteiger partial charge is 0.358 e. The van der Waals surface area contributed by atoms with Gasteiger partial charge in [0.2, 0.25) is 0 Å². The van der Waals surface area contributed by atoms with Crippen molar-refractivity contribution in [3.8, 4) is 0 Å². The topological polar surface area (TPSA) is 111 Å². The number of hydrogen-bond acceptors (Lipinski definition) is 6. The lowest BCUT2D eigenvalue weighted by atomic mass is 10.3. The third kappa shape index (κ3) is 2.28. The van der Waals surface area contributed by atoms with Crippen molar-refractivity contribution in [2.24, 2.45) is 0 Å². The van der Waals surface area contributed by atoms with Crippen molar-refractivity contribution in [2.75, 3.05) is 19.9 Å². The number of nitrogens with zero attached hydrogens (tertiary/aromatic N) is 1. The van der Waals surface area contributed by atoms with Crippen LogP contribution in [0.3, 0.4) is 0 Å². The molecule has 16 heavy (non-hydrogen) atoms. The number of anilines is 1. The van der Waals surface area contributed by atoms with Crippen molar-refractivity contribution in [2.45, 2.75) is 5.03 Å². The summed E-state index contributed by atoms with van der Waals surface area (Å²) in [7, 11) is -1.31. The molecule has 0 unspecified atom stereocenters. The first-order chi connectivity index (χ1) is 7.42. The average molecular weight is 245 g/mol. The molecule has 0 aliphatic carbocycles. The summed E-state index contributed by atoms with van der Waals surface area (Å²) in [6.45, 7) is 0. The van der Waals surface area contributed by atoms with E-state index in [9.17, 15) is 13.2 Å². The second-order valence-electron chi connectivity index (χ2n) is 2.79. The molecule has 0 fully saturated rings. The summed E-state index contributed by atoms with van der Waals surface area (Å²) >= 11 is 0. The molecule has 0 radical (unpaired) electrons. The molecule has 88 valence electrons. The summed E-state index contributed by atoms with van der Waals surface area (Å²) in [5, 5.41) is -0.287. The van der Waals surface area contributed by atoms with Gasteiger partial charge in [0.1, 0.15) is 0 Å². The van der Waals surface area contributed by atoms with E-state index in [2.05, 4.69) is 14.4 Å². The van der Waals surface area contributed by atoms with Crippen molar-refractivity contribution in [3.63, 3.8) is 0 Å². The van der Waals surface area contributed by atoms with Gasteiger partial charge >= 0.3 is 5.97 Å². The zero-order chi connectivity index (χ0) is 12.3. The lowest BCUT2D eigenvalue weighted by Gasteiger charge is -2.05. The van der Waals surface area contributed by atoms with Gasteiger partial charge in [0.05, 0.1) is 12.8 Å². The minimum atomic E-state index is -3.70. The molecule has 0 bridgehead atoms. The van der Waals surface area contributed by atoms with Crippen LogP contribution in [0.15, 0.2) is 17.2 Å². The van der Waals surface area contributed by atoms with Gasteiger partial charge in [0.15, 0.2) is 10.7 Å². The fraction of sp³-hybridized carbons (Fsp3) is 0.250. The fourth-order valence-corrected chi connectivity index (χ4v) is 1.63. The summed E-state index contributed by atoms with van der Waals surface area (Å²) in [6, 6.07) is 2.48. The van der Waals surface area contributed by atoms with Crippen molar-refractivity contribution >= 4 is 21.7 Å². The summed E-state index contributed by atoms with van der Waals surface area (Å²) in [6.07, 6.45) is 0. The van der Waals surface area contributed by atoms with Crippen LogP contribution in [0.1, 0.15) is 10.5 Å². The Morgan fingerprint density at radius 3 is 2.62 bits per heavy atom. The number of ether oxygens (including phenoxy) is 1. The maximum Gasteiger partial charge on any atom is 0.358 e. The maximum atomic E-state index is 11.4. The molecule has 0 aliphatic heterocycles. The average Bonchev–Trinajstić information content (AvgIpc) is 2.28. The quantitative estimate of drug-likeness (QED) is 0.685. The first kappa shape index (κ1) is 12.4. The molecule has 0 aromatic carbocycles. The number of methoxy groups -OCH3 is 1. The second-order valence-corrected chi connectivity index (χ2v) is 4.62. The highest BCUT2D eigenvalue weighted by Crippen LogP contribution is 2.14. The van der Waals surface area contributed by atoms with Gasteiger partial charge in [-0.3, -0.25) is 0 Å². The summed E-state index contributed by atoms with van der Waals surface area (Å²) in [5.74, 6) is -0.786. The number of carbonyl (C=O) groups is 1. The summed E-state index contributed by atoms with van der Waals surface area (Å²) in [4.78, 5) is 14.9. The van der Waals surface area contributed by atoms with Crippen LogP contribution >= 0.6 is 0 Å². The number of hydrogen-bond donors (Lipinski definition) is 2.